The van der Waals surface area contributed by atoms with Crippen molar-refractivity contribution in [1.82, 2.24) is 9.88 Å². The largest absolute Gasteiger partial charge is 0.337 e. The lowest BCUT2D eigenvalue weighted by Gasteiger charge is -2.59. The molecule has 1 amide bonds. The number of nitriles is 1. The lowest BCUT2D eigenvalue weighted by molar-refractivity contribution is -0.153. The van der Waals surface area contributed by atoms with Gasteiger partial charge in [0.2, 0.25) is 5.91 Å². The number of piperidine rings is 2. The average molecular weight is 400 g/mol. The van der Waals surface area contributed by atoms with Gasteiger partial charge in [-0.25, -0.2) is 4.98 Å². The summed E-state index contributed by atoms with van der Waals surface area (Å²) in [6.45, 7) is 2.09. The van der Waals surface area contributed by atoms with Crippen LogP contribution in [-0.4, -0.2) is 27.9 Å². The highest BCUT2D eigenvalue weighted by molar-refractivity contribution is 7.18. The molecule has 4 nitrogen and oxygen atoms in total. The molecule has 2 aliphatic heterocycles. The maximum Gasteiger partial charge on any atom is 0.223 e. The molecule has 4 bridgehead atoms. The van der Waals surface area contributed by atoms with E-state index in [-0.39, 0.29) is 29.3 Å². The van der Waals surface area contributed by atoms with Crippen molar-refractivity contribution in [2.45, 2.75) is 63.5 Å². The molecule has 4 fully saturated rings. The number of rotatable bonds is 3. The van der Waals surface area contributed by atoms with Gasteiger partial charge in [-0.2, -0.15) is 5.26 Å². The summed E-state index contributed by atoms with van der Waals surface area (Å²) in [6, 6.07) is 8.87. The minimum Gasteiger partial charge on any atom is -0.337 e. The van der Waals surface area contributed by atoms with Crippen molar-refractivity contribution in [1.29, 1.82) is 5.26 Å². The molecular formula is C21H22ClN3OS. The Labute approximate surface area is 168 Å². The molecule has 3 unspecified atom stereocenters. The summed E-state index contributed by atoms with van der Waals surface area (Å²) in [7, 11) is 0. The number of halogens is 1. The summed E-state index contributed by atoms with van der Waals surface area (Å²) in [5.41, 5.74) is 0.787. The lowest BCUT2D eigenvalue weighted by atomic mass is 9.56. The van der Waals surface area contributed by atoms with Crippen molar-refractivity contribution in [3.63, 3.8) is 0 Å². The topological polar surface area (TPSA) is 57.0 Å². The van der Waals surface area contributed by atoms with E-state index in [1.165, 1.54) is 0 Å². The van der Waals surface area contributed by atoms with Crippen LogP contribution in [0.4, 0.5) is 0 Å². The van der Waals surface area contributed by atoms with Crippen molar-refractivity contribution in [2.75, 3.05) is 0 Å². The summed E-state index contributed by atoms with van der Waals surface area (Å²) in [4.78, 5) is 20.0. The number of fused-ring (bicyclic) bond motifs is 1. The Morgan fingerprint density at radius 2 is 2.15 bits per heavy atom. The van der Waals surface area contributed by atoms with Gasteiger partial charge < -0.3 is 4.90 Å². The van der Waals surface area contributed by atoms with Crippen LogP contribution in [0.3, 0.4) is 0 Å². The molecule has 1 aromatic heterocycles. The van der Waals surface area contributed by atoms with Crippen LogP contribution in [-0.2, 0) is 4.79 Å². The summed E-state index contributed by atoms with van der Waals surface area (Å²) in [5, 5.41) is 11.4. The molecule has 0 spiro atoms. The second kappa shape index (κ2) is 6.18. The van der Waals surface area contributed by atoms with Gasteiger partial charge in [0.25, 0.3) is 0 Å². The van der Waals surface area contributed by atoms with Crippen molar-refractivity contribution in [2.24, 2.45) is 11.3 Å². The van der Waals surface area contributed by atoms with E-state index < -0.39 is 0 Å². The van der Waals surface area contributed by atoms with Crippen molar-refractivity contribution < 1.29 is 4.79 Å². The molecule has 0 N–H and O–H groups in total. The van der Waals surface area contributed by atoms with Crippen LogP contribution in [0.5, 0.6) is 0 Å². The Bertz CT molecular complexity index is 948. The first-order valence-electron chi connectivity index (χ1n) is 9.75. The van der Waals surface area contributed by atoms with Crippen LogP contribution in [0.1, 0.15) is 56.4 Å². The third kappa shape index (κ3) is 2.85. The summed E-state index contributed by atoms with van der Waals surface area (Å²) in [6.07, 6.45) is 5.44. The smallest absolute Gasteiger partial charge is 0.223 e. The number of hydrogen-bond donors (Lipinski definition) is 0. The highest BCUT2D eigenvalue weighted by atomic mass is 35.5. The van der Waals surface area contributed by atoms with Gasteiger partial charge in [0.05, 0.1) is 26.7 Å². The Hall–Kier alpha value is -1.64. The maximum absolute atomic E-state index is 13.2. The van der Waals surface area contributed by atoms with E-state index in [4.69, 9.17) is 16.6 Å². The van der Waals surface area contributed by atoms with Crippen LogP contribution in [0, 0.1) is 22.7 Å². The molecule has 2 saturated heterocycles. The minimum absolute atomic E-state index is 0.0933. The molecule has 3 heterocycles. The first kappa shape index (κ1) is 17.5. The van der Waals surface area contributed by atoms with Gasteiger partial charge in [-0.1, -0.05) is 18.5 Å². The van der Waals surface area contributed by atoms with Crippen molar-refractivity contribution in [3.05, 3.63) is 28.2 Å². The number of amides is 1. The summed E-state index contributed by atoms with van der Waals surface area (Å²) >= 11 is 7.71. The first-order chi connectivity index (χ1) is 13.0. The fraction of sp³-hybridized carbons (Fsp3) is 0.571. The van der Waals surface area contributed by atoms with Crippen molar-refractivity contribution in [3.8, 4) is 6.07 Å². The fourth-order valence-electron chi connectivity index (χ4n) is 5.75. The summed E-state index contributed by atoms with van der Waals surface area (Å²) < 4.78 is 1.07. The second-order valence-electron chi connectivity index (χ2n) is 8.72. The zero-order valence-electron chi connectivity index (χ0n) is 15.3. The fourth-order valence-corrected chi connectivity index (χ4v) is 7.05. The molecule has 2 aromatic rings. The van der Waals surface area contributed by atoms with Gasteiger partial charge in [0, 0.05) is 29.4 Å². The Morgan fingerprint density at radius 1 is 1.41 bits per heavy atom. The van der Waals surface area contributed by atoms with Gasteiger partial charge in [-0.3, -0.25) is 4.79 Å². The molecule has 0 radical (unpaired) electrons. The third-order valence-corrected chi connectivity index (χ3v) is 8.21. The van der Waals surface area contributed by atoms with E-state index in [0.717, 1.165) is 47.3 Å². The van der Waals surface area contributed by atoms with E-state index in [9.17, 15) is 10.1 Å². The van der Waals surface area contributed by atoms with E-state index >= 15 is 0 Å². The lowest BCUT2D eigenvalue weighted by Crippen LogP contribution is -2.63. The van der Waals surface area contributed by atoms with Crippen LogP contribution in [0.15, 0.2) is 18.2 Å². The SMILES string of the molecule is CC(CC(=O)N1C2CC3CC1CC(C#N)(C3)C2)c1nc2ccc(Cl)cc2s1. The predicted octanol–water partition coefficient (Wildman–Crippen LogP) is 5.13. The number of carbonyl (C=O) groups is 1. The van der Waals surface area contributed by atoms with Crippen LogP contribution in [0.2, 0.25) is 5.02 Å². The predicted molar refractivity (Wildman–Crippen MR) is 107 cm³/mol. The normalized spacial score (nSPS) is 32.6. The molecule has 6 heteroatoms. The summed E-state index contributed by atoms with van der Waals surface area (Å²) in [5.74, 6) is 0.968. The second-order valence-corrected chi connectivity index (χ2v) is 10.2. The molecular weight excluding hydrogens is 378 g/mol. The number of benzene rings is 1. The average Bonchev–Trinajstić information content (AvgIpc) is 3.04. The number of nitrogens with zero attached hydrogens (tertiary/aromatic N) is 3. The van der Waals surface area contributed by atoms with Gasteiger partial charge >= 0.3 is 0 Å². The molecule has 6 rings (SSSR count). The molecule has 140 valence electrons. The molecule has 2 aliphatic carbocycles. The minimum atomic E-state index is -0.162. The molecule has 27 heavy (non-hydrogen) atoms. The zero-order chi connectivity index (χ0) is 18.8. The molecule has 3 atom stereocenters. The standard InChI is InChI=1S/C21H22ClN3OS/c1-12(20-24-17-3-2-14(22)7-18(17)27-20)4-19(26)25-15-5-13-6-16(25)10-21(8-13,9-15)11-23/h2-3,7,12-13,15-16H,4-6,8-10H2,1H3. The van der Waals surface area contributed by atoms with Crippen LogP contribution >= 0.6 is 22.9 Å². The Kier molecular flexibility index (Phi) is 4.00. The Balaban J connectivity index is 1.33. The van der Waals surface area contributed by atoms with Crippen LogP contribution < -0.4 is 0 Å². The number of aromatic nitrogens is 1. The van der Waals surface area contributed by atoms with Crippen LogP contribution in [0.25, 0.3) is 10.2 Å². The van der Waals surface area contributed by atoms with E-state index in [1.807, 2.05) is 18.2 Å². The highest BCUT2D eigenvalue weighted by Crippen LogP contribution is 2.56. The van der Waals surface area contributed by atoms with Gasteiger partial charge in [0.1, 0.15) is 0 Å². The monoisotopic (exact) mass is 399 g/mol. The highest BCUT2D eigenvalue weighted by Gasteiger charge is 2.55. The van der Waals surface area contributed by atoms with E-state index in [1.54, 1.807) is 11.3 Å². The molecule has 1 aromatic carbocycles. The number of hydrogen-bond acceptors (Lipinski definition) is 4. The Morgan fingerprint density at radius 3 is 2.85 bits per heavy atom. The third-order valence-electron chi connectivity index (χ3n) is 6.72. The van der Waals surface area contributed by atoms with E-state index in [2.05, 4.69) is 17.9 Å². The first-order valence-corrected chi connectivity index (χ1v) is 10.9. The van der Waals surface area contributed by atoms with Gasteiger partial charge in [-0.05, 0) is 56.2 Å². The van der Waals surface area contributed by atoms with E-state index in [0.29, 0.717) is 17.4 Å². The number of carbonyl (C=O) groups excluding carboxylic acids is 1. The zero-order valence-corrected chi connectivity index (χ0v) is 16.9. The van der Waals surface area contributed by atoms with Gasteiger partial charge in [0.15, 0.2) is 0 Å². The quantitative estimate of drug-likeness (QED) is 0.719. The van der Waals surface area contributed by atoms with Crippen molar-refractivity contribution >= 4 is 39.1 Å². The van der Waals surface area contributed by atoms with Gasteiger partial charge in [-0.15, -0.1) is 11.3 Å². The maximum atomic E-state index is 13.2. The molecule has 4 aliphatic rings. The number of thiazole rings is 1. The molecule has 2 saturated carbocycles.